The smallest absolute Gasteiger partial charge is 0.140 e. The van der Waals surface area contributed by atoms with Gasteiger partial charge in [0, 0.05) is 0 Å². The third-order valence-corrected chi connectivity index (χ3v) is 2.83. The standard InChI is InChI=1S/C12H9INO/c13-9-5-1-3-7-11(9)15-12-8-4-2-6-10(12)14/h1-8,14H/q-1. The molecular weight excluding hydrogens is 301 g/mol. The van der Waals surface area contributed by atoms with Gasteiger partial charge in [-0.2, -0.15) is 0 Å². The van der Waals surface area contributed by atoms with Crippen LogP contribution < -0.4 is 4.74 Å². The molecule has 0 bridgehead atoms. The summed E-state index contributed by atoms with van der Waals surface area (Å²) in [5.74, 6) is 1.37. The lowest BCUT2D eigenvalue weighted by molar-refractivity contribution is 0.482. The molecule has 76 valence electrons. The maximum Gasteiger partial charge on any atom is 0.140 e. The second kappa shape index (κ2) is 4.53. The molecule has 2 rings (SSSR count). The highest BCUT2D eigenvalue weighted by Gasteiger charge is 2.00. The first-order valence-electron chi connectivity index (χ1n) is 4.50. The molecule has 0 aliphatic heterocycles. The van der Waals surface area contributed by atoms with Crippen molar-refractivity contribution in [1.29, 1.82) is 0 Å². The summed E-state index contributed by atoms with van der Waals surface area (Å²) in [6.07, 6.45) is 0. The fourth-order valence-electron chi connectivity index (χ4n) is 1.20. The Morgan fingerprint density at radius 2 is 1.47 bits per heavy atom. The first-order chi connectivity index (χ1) is 7.27. The molecule has 0 radical (unpaired) electrons. The maximum atomic E-state index is 7.66. The predicted molar refractivity (Wildman–Crippen MR) is 69.7 cm³/mol. The molecular formula is C12H9INO-. The van der Waals surface area contributed by atoms with Gasteiger partial charge < -0.3 is 10.5 Å². The number of nitrogens with one attached hydrogen (secondary N) is 1. The Kier molecular flexibility index (Phi) is 3.11. The zero-order valence-corrected chi connectivity index (χ0v) is 10.1. The topological polar surface area (TPSA) is 33.0 Å². The summed E-state index contributed by atoms with van der Waals surface area (Å²) >= 11 is 2.21. The van der Waals surface area contributed by atoms with E-state index in [0.717, 1.165) is 9.32 Å². The van der Waals surface area contributed by atoms with Gasteiger partial charge in [-0.1, -0.05) is 36.0 Å². The quantitative estimate of drug-likeness (QED) is 0.736. The minimum absolute atomic E-state index is 0.400. The number of benzene rings is 2. The van der Waals surface area contributed by atoms with Crippen molar-refractivity contribution in [2.24, 2.45) is 0 Å². The summed E-state index contributed by atoms with van der Waals surface area (Å²) in [6.45, 7) is 0. The SMILES string of the molecule is [NH-]c1ccccc1Oc1ccccc1I. The molecule has 0 atom stereocenters. The minimum atomic E-state index is 0.400. The van der Waals surface area contributed by atoms with E-state index in [0.29, 0.717) is 11.4 Å². The molecule has 0 amide bonds. The summed E-state index contributed by atoms with van der Waals surface area (Å²) in [4.78, 5) is 0. The lowest BCUT2D eigenvalue weighted by Crippen LogP contribution is -1.86. The van der Waals surface area contributed by atoms with Crippen LogP contribution in [0.4, 0.5) is 5.69 Å². The van der Waals surface area contributed by atoms with Crippen LogP contribution in [0, 0.1) is 3.57 Å². The molecule has 2 aromatic carbocycles. The Labute approximate surface area is 102 Å². The van der Waals surface area contributed by atoms with Gasteiger partial charge in [-0.05, 0) is 40.8 Å². The third-order valence-electron chi connectivity index (χ3n) is 1.94. The van der Waals surface area contributed by atoms with E-state index in [1.807, 2.05) is 36.4 Å². The summed E-state index contributed by atoms with van der Waals surface area (Å²) in [6, 6.07) is 15.0. The molecule has 0 fully saturated rings. The molecule has 0 aliphatic rings. The summed E-state index contributed by atoms with van der Waals surface area (Å²) in [5, 5.41) is 0. The van der Waals surface area contributed by atoms with Gasteiger partial charge in [0.05, 0.1) is 3.57 Å². The minimum Gasteiger partial charge on any atom is -0.696 e. The van der Waals surface area contributed by atoms with Crippen LogP contribution >= 0.6 is 22.6 Å². The zero-order chi connectivity index (χ0) is 10.7. The lowest BCUT2D eigenvalue weighted by atomic mass is 10.3. The number of ether oxygens (including phenoxy) is 1. The van der Waals surface area contributed by atoms with Crippen molar-refractivity contribution in [3.8, 4) is 11.5 Å². The van der Waals surface area contributed by atoms with Crippen LogP contribution in [-0.4, -0.2) is 0 Å². The highest BCUT2D eigenvalue weighted by Crippen LogP contribution is 2.32. The average molecular weight is 310 g/mol. The molecule has 1 N–H and O–H groups in total. The van der Waals surface area contributed by atoms with Crippen LogP contribution in [0.2, 0.25) is 0 Å². The molecule has 0 aliphatic carbocycles. The molecule has 0 unspecified atom stereocenters. The van der Waals surface area contributed by atoms with Crippen molar-refractivity contribution in [2.45, 2.75) is 0 Å². The van der Waals surface area contributed by atoms with Gasteiger partial charge in [0.25, 0.3) is 0 Å². The number of hydrogen-bond acceptors (Lipinski definition) is 1. The maximum absolute atomic E-state index is 7.66. The van der Waals surface area contributed by atoms with Crippen LogP contribution in [0.5, 0.6) is 11.5 Å². The fourth-order valence-corrected chi connectivity index (χ4v) is 1.70. The van der Waals surface area contributed by atoms with Crippen molar-refractivity contribution in [2.75, 3.05) is 0 Å². The van der Waals surface area contributed by atoms with Crippen LogP contribution in [0.1, 0.15) is 0 Å². The Balaban J connectivity index is 2.30. The molecule has 0 saturated carbocycles. The van der Waals surface area contributed by atoms with E-state index in [1.54, 1.807) is 12.1 Å². The van der Waals surface area contributed by atoms with Crippen molar-refractivity contribution >= 4 is 28.3 Å². The van der Waals surface area contributed by atoms with Crippen molar-refractivity contribution < 1.29 is 4.74 Å². The molecule has 0 aromatic heterocycles. The number of hydrogen-bond donors (Lipinski definition) is 0. The van der Waals surface area contributed by atoms with E-state index in [9.17, 15) is 0 Å². The number of para-hydroxylation sites is 2. The molecule has 2 nitrogen and oxygen atoms in total. The molecule has 0 saturated heterocycles. The van der Waals surface area contributed by atoms with Crippen LogP contribution in [-0.2, 0) is 0 Å². The van der Waals surface area contributed by atoms with E-state index in [4.69, 9.17) is 10.5 Å². The normalized spacial score (nSPS) is 9.93. The Bertz CT molecular complexity index is 427. The van der Waals surface area contributed by atoms with Gasteiger partial charge >= 0.3 is 0 Å². The first-order valence-corrected chi connectivity index (χ1v) is 5.58. The van der Waals surface area contributed by atoms with E-state index in [1.165, 1.54) is 0 Å². The van der Waals surface area contributed by atoms with Gasteiger partial charge in [0.1, 0.15) is 11.5 Å². The van der Waals surface area contributed by atoms with Gasteiger partial charge in [0.15, 0.2) is 0 Å². The van der Waals surface area contributed by atoms with Crippen LogP contribution in [0.15, 0.2) is 48.5 Å². The van der Waals surface area contributed by atoms with Gasteiger partial charge in [-0.15, -0.1) is 0 Å². The Morgan fingerprint density at radius 3 is 2.13 bits per heavy atom. The van der Waals surface area contributed by atoms with Gasteiger partial charge in [-0.3, -0.25) is 0 Å². The van der Waals surface area contributed by atoms with E-state index < -0.39 is 0 Å². The predicted octanol–water partition coefficient (Wildman–Crippen LogP) is 4.77. The van der Waals surface area contributed by atoms with Crippen molar-refractivity contribution in [3.63, 3.8) is 0 Å². The second-order valence-electron chi connectivity index (χ2n) is 3.03. The molecule has 15 heavy (non-hydrogen) atoms. The largest absolute Gasteiger partial charge is 0.696 e. The molecule has 2 aromatic rings. The van der Waals surface area contributed by atoms with Crippen molar-refractivity contribution in [1.82, 2.24) is 0 Å². The number of rotatable bonds is 2. The van der Waals surface area contributed by atoms with Gasteiger partial charge in [-0.25, -0.2) is 0 Å². The Morgan fingerprint density at radius 1 is 0.867 bits per heavy atom. The molecule has 3 heteroatoms. The summed E-state index contributed by atoms with van der Waals surface area (Å²) in [5.41, 5.74) is 8.06. The highest BCUT2D eigenvalue weighted by atomic mass is 127. The average Bonchev–Trinajstić information content (AvgIpc) is 2.24. The number of halogens is 1. The Hall–Kier alpha value is -1.23. The van der Waals surface area contributed by atoms with E-state index in [-0.39, 0.29) is 0 Å². The van der Waals surface area contributed by atoms with E-state index in [2.05, 4.69) is 22.6 Å². The molecule has 0 heterocycles. The second-order valence-corrected chi connectivity index (χ2v) is 4.19. The lowest BCUT2D eigenvalue weighted by Gasteiger charge is -2.13. The first kappa shape index (κ1) is 10.3. The van der Waals surface area contributed by atoms with Crippen molar-refractivity contribution in [3.05, 3.63) is 57.8 Å². The monoisotopic (exact) mass is 310 g/mol. The third kappa shape index (κ3) is 2.41. The van der Waals surface area contributed by atoms with Gasteiger partial charge in [0.2, 0.25) is 0 Å². The summed E-state index contributed by atoms with van der Waals surface area (Å²) in [7, 11) is 0. The fraction of sp³-hybridized carbons (Fsp3) is 0. The van der Waals surface area contributed by atoms with E-state index >= 15 is 0 Å². The highest BCUT2D eigenvalue weighted by molar-refractivity contribution is 14.1. The summed E-state index contributed by atoms with van der Waals surface area (Å²) < 4.78 is 6.69. The van der Waals surface area contributed by atoms with Crippen LogP contribution in [0.25, 0.3) is 5.73 Å². The van der Waals surface area contributed by atoms with Crippen LogP contribution in [0.3, 0.4) is 0 Å². The zero-order valence-electron chi connectivity index (χ0n) is 7.91. The molecule has 0 spiro atoms.